The first kappa shape index (κ1) is 13.8. The number of carbonyl (C=O) groups is 1. The van der Waals surface area contributed by atoms with Gasteiger partial charge >= 0.3 is 5.97 Å². The third-order valence-electron chi connectivity index (χ3n) is 4.24. The first-order valence-electron chi connectivity index (χ1n) is 7.31. The van der Waals surface area contributed by atoms with Crippen molar-refractivity contribution in [2.75, 3.05) is 19.7 Å². The molecule has 2 rings (SSSR count). The molecule has 0 radical (unpaired) electrons. The molecule has 3 atom stereocenters. The van der Waals surface area contributed by atoms with Gasteiger partial charge < -0.3 is 9.84 Å². The van der Waals surface area contributed by atoms with E-state index in [9.17, 15) is 9.90 Å². The van der Waals surface area contributed by atoms with Gasteiger partial charge in [0.15, 0.2) is 0 Å². The SMILES string of the molecule is CCOC(=O)[C@H]1CCCN(C2CCCCC2O)C1. The highest BCUT2D eigenvalue weighted by Crippen LogP contribution is 2.27. The number of aliphatic hydroxyl groups is 1. The zero-order chi connectivity index (χ0) is 13.0. The highest BCUT2D eigenvalue weighted by atomic mass is 16.5. The molecule has 2 unspecified atom stereocenters. The van der Waals surface area contributed by atoms with E-state index in [4.69, 9.17) is 4.74 Å². The highest BCUT2D eigenvalue weighted by molar-refractivity contribution is 5.72. The summed E-state index contributed by atoms with van der Waals surface area (Å²) in [5.41, 5.74) is 0. The van der Waals surface area contributed by atoms with E-state index < -0.39 is 0 Å². The van der Waals surface area contributed by atoms with Crippen LogP contribution in [0.25, 0.3) is 0 Å². The Bertz CT molecular complexity index is 282. The topological polar surface area (TPSA) is 49.8 Å². The minimum Gasteiger partial charge on any atom is -0.466 e. The second-order valence-electron chi connectivity index (χ2n) is 5.51. The van der Waals surface area contributed by atoms with E-state index in [1.54, 1.807) is 0 Å². The third-order valence-corrected chi connectivity index (χ3v) is 4.24. The number of carbonyl (C=O) groups excluding carboxylic acids is 1. The normalized spacial score (nSPS) is 34.2. The molecular weight excluding hydrogens is 230 g/mol. The van der Waals surface area contributed by atoms with Crippen LogP contribution in [-0.4, -0.2) is 47.8 Å². The molecule has 1 N–H and O–H groups in total. The second kappa shape index (κ2) is 6.53. The summed E-state index contributed by atoms with van der Waals surface area (Å²) in [6.45, 7) is 4.09. The van der Waals surface area contributed by atoms with Gasteiger partial charge in [0.1, 0.15) is 0 Å². The van der Waals surface area contributed by atoms with E-state index >= 15 is 0 Å². The summed E-state index contributed by atoms with van der Waals surface area (Å²) in [5.74, 6) is -0.0553. The van der Waals surface area contributed by atoms with Gasteiger partial charge in [-0.15, -0.1) is 0 Å². The molecule has 1 saturated heterocycles. The average molecular weight is 255 g/mol. The molecule has 1 heterocycles. The monoisotopic (exact) mass is 255 g/mol. The van der Waals surface area contributed by atoms with E-state index in [0.29, 0.717) is 6.61 Å². The molecule has 4 heteroatoms. The lowest BCUT2D eigenvalue weighted by molar-refractivity contribution is -0.150. The van der Waals surface area contributed by atoms with Crippen LogP contribution in [0.5, 0.6) is 0 Å². The van der Waals surface area contributed by atoms with Crippen LogP contribution in [0.3, 0.4) is 0 Å². The number of nitrogens with zero attached hydrogens (tertiary/aromatic N) is 1. The van der Waals surface area contributed by atoms with Gasteiger partial charge in [-0.25, -0.2) is 0 Å². The lowest BCUT2D eigenvalue weighted by Crippen LogP contribution is -2.50. The Labute approximate surface area is 109 Å². The third kappa shape index (κ3) is 3.23. The number of ether oxygens (including phenoxy) is 1. The number of esters is 1. The fourth-order valence-electron chi connectivity index (χ4n) is 3.28. The molecule has 0 aromatic heterocycles. The lowest BCUT2D eigenvalue weighted by atomic mass is 9.88. The van der Waals surface area contributed by atoms with E-state index in [0.717, 1.165) is 45.2 Å². The number of likely N-dealkylation sites (tertiary alicyclic amines) is 1. The Hall–Kier alpha value is -0.610. The van der Waals surface area contributed by atoms with Crippen LogP contribution in [-0.2, 0) is 9.53 Å². The lowest BCUT2D eigenvalue weighted by Gasteiger charge is -2.41. The maximum absolute atomic E-state index is 11.8. The van der Waals surface area contributed by atoms with Crippen LogP contribution in [0, 0.1) is 5.92 Å². The zero-order valence-corrected chi connectivity index (χ0v) is 11.3. The van der Waals surface area contributed by atoms with Gasteiger partial charge in [-0.05, 0) is 39.2 Å². The van der Waals surface area contributed by atoms with E-state index in [1.807, 2.05) is 6.92 Å². The highest BCUT2D eigenvalue weighted by Gasteiger charge is 2.34. The van der Waals surface area contributed by atoms with Crippen molar-refractivity contribution in [3.05, 3.63) is 0 Å². The number of piperidine rings is 1. The van der Waals surface area contributed by atoms with Gasteiger partial charge in [-0.1, -0.05) is 12.8 Å². The number of aliphatic hydroxyl groups excluding tert-OH is 1. The summed E-state index contributed by atoms with van der Waals surface area (Å²) < 4.78 is 5.12. The quantitative estimate of drug-likeness (QED) is 0.778. The molecule has 0 amide bonds. The molecule has 2 fully saturated rings. The van der Waals surface area contributed by atoms with Crippen molar-refractivity contribution in [1.29, 1.82) is 0 Å². The predicted octanol–water partition coefficient (Wildman–Crippen LogP) is 1.56. The smallest absolute Gasteiger partial charge is 0.310 e. The molecule has 0 aromatic rings. The Balaban J connectivity index is 1.91. The Morgan fingerprint density at radius 1 is 1.28 bits per heavy atom. The number of rotatable bonds is 3. The average Bonchev–Trinajstić information content (AvgIpc) is 2.40. The molecule has 1 aliphatic carbocycles. The van der Waals surface area contributed by atoms with Crippen LogP contribution in [0.1, 0.15) is 45.4 Å². The van der Waals surface area contributed by atoms with Crippen LogP contribution >= 0.6 is 0 Å². The van der Waals surface area contributed by atoms with Gasteiger partial charge in [0, 0.05) is 12.6 Å². The maximum Gasteiger partial charge on any atom is 0.310 e. The maximum atomic E-state index is 11.8. The molecular formula is C14H25NO3. The summed E-state index contributed by atoms with van der Waals surface area (Å²) in [6.07, 6.45) is 6.06. The van der Waals surface area contributed by atoms with Crippen LogP contribution in [0.4, 0.5) is 0 Å². The predicted molar refractivity (Wildman–Crippen MR) is 69.2 cm³/mol. The molecule has 0 spiro atoms. The van der Waals surface area contributed by atoms with Crippen molar-refractivity contribution < 1.29 is 14.6 Å². The van der Waals surface area contributed by atoms with Crippen molar-refractivity contribution >= 4 is 5.97 Å². The standard InChI is InChI=1S/C14H25NO3/c1-2-18-14(17)11-6-5-9-15(10-11)12-7-3-4-8-13(12)16/h11-13,16H,2-10H2,1H3/t11-,12?,13?/m0/s1. The fourth-order valence-corrected chi connectivity index (χ4v) is 3.28. The molecule has 4 nitrogen and oxygen atoms in total. The van der Waals surface area contributed by atoms with Gasteiger partial charge in [-0.2, -0.15) is 0 Å². The van der Waals surface area contributed by atoms with Crippen LogP contribution in [0.15, 0.2) is 0 Å². The van der Waals surface area contributed by atoms with E-state index in [1.165, 1.54) is 6.42 Å². The Kier molecular flexibility index (Phi) is 5.01. The summed E-state index contributed by atoms with van der Waals surface area (Å²) in [5, 5.41) is 10.1. The minimum absolute atomic E-state index is 0.00725. The van der Waals surface area contributed by atoms with Crippen LogP contribution in [0.2, 0.25) is 0 Å². The summed E-state index contributed by atoms with van der Waals surface area (Å²) in [4.78, 5) is 14.1. The second-order valence-corrected chi connectivity index (χ2v) is 5.51. The largest absolute Gasteiger partial charge is 0.466 e. The molecule has 2 aliphatic rings. The van der Waals surface area contributed by atoms with Gasteiger partial charge in [0.2, 0.25) is 0 Å². The zero-order valence-electron chi connectivity index (χ0n) is 11.3. The molecule has 0 bridgehead atoms. The fraction of sp³-hybridized carbons (Fsp3) is 0.929. The summed E-state index contributed by atoms with van der Waals surface area (Å²) >= 11 is 0. The number of hydrogen-bond donors (Lipinski definition) is 1. The van der Waals surface area contributed by atoms with Crippen molar-refractivity contribution in [2.24, 2.45) is 5.92 Å². The first-order valence-corrected chi connectivity index (χ1v) is 7.31. The van der Waals surface area contributed by atoms with Crippen LogP contribution < -0.4 is 0 Å². The molecule has 18 heavy (non-hydrogen) atoms. The van der Waals surface area contributed by atoms with Crippen molar-refractivity contribution in [1.82, 2.24) is 4.90 Å². The van der Waals surface area contributed by atoms with Crippen molar-refractivity contribution in [3.8, 4) is 0 Å². The van der Waals surface area contributed by atoms with Gasteiger partial charge in [0.25, 0.3) is 0 Å². The van der Waals surface area contributed by atoms with E-state index in [-0.39, 0.29) is 24.0 Å². The van der Waals surface area contributed by atoms with Crippen molar-refractivity contribution in [2.45, 2.75) is 57.6 Å². The molecule has 1 aliphatic heterocycles. The first-order chi connectivity index (χ1) is 8.72. The summed E-state index contributed by atoms with van der Waals surface area (Å²) in [7, 11) is 0. The van der Waals surface area contributed by atoms with Gasteiger partial charge in [-0.3, -0.25) is 9.69 Å². The van der Waals surface area contributed by atoms with E-state index in [2.05, 4.69) is 4.90 Å². The molecule has 1 saturated carbocycles. The Morgan fingerprint density at radius 3 is 2.78 bits per heavy atom. The number of hydrogen-bond acceptors (Lipinski definition) is 4. The van der Waals surface area contributed by atoms with Crippen molar-refractivity contribution in [3.63, 3.8) is 0 Å². The molecule has 0 aromatic carbocycles. The minimum atomic E-state index is -0.209. The summed E-state index contributed by atoms with van der Waals surface area (Å²) in [6, 6.07) is 0.260. The molecule has 104 valence electrons. The Morgan fingerprint density at radius 2 is 2.06 bits per heavy atom. The van der Waals surface area contributed by atoms with Gasteiger partial charge in [0.05, 0.1) is 18.6 Å².